The van der Waals surface area contributed by atoms with E-state index in [0.717, 1.165) is 17.5 Å². The highest BCUT2D eigenvalue weighted by Crippen LogP contribution is 2.31. The number of pyridine rings is 1. The summed E-state index contributed by atoms with van der Waals surface area (Å²) in [4.78, 5) is 33.5. The quantitative estimate of drug-likeness (QED) is 0.480. The summed E-state index contributed by atoms with van der Waals surface area (Å²) in [5.74, 6) is 1.12. The molecule has 0 radical (unpaired) electrons. The molecule has 9 heteroatoms. The van der Waals surface area contributed by atoms with Gasteiger partial charge in [0, 0.05) is 56.2 Å². The molecule has 37 heavy (non-hydrogen) atoms. The molecule has 0 spiro atoms. The van der Waals surface area contributed by atoms with Crippen molar-refractivity contribution in [3.05, 3.63) is 83.7 Å². The molecule has 3 amide bonds. The van der Waals surface area contributed by atoms with Crippen LogP contribution in [0.5, 0.6) is 11.5 Å². The number of carbonyl (C=O) groups excluding carboxylic acids is 2. The lowest BCUT2D eigenvalue weighted by atomic mass is 10.1. The summed E-state index contributed by atoms with van der Waals surface area (Å²) < 4.78 is 17.1. The Morgan fingerprint density at radius 1 is 1.14 bits per heavy atom. The van der Waals surface area contributed by atoms with Crippen molar-refractivity contribution in [3.63, 3.8) is 0 Å². The lowest BCUT2D eigenvalue weighted by Crippen LogP contribution is -2.31. The summed E-state index contributed by atoms with van der Waals surface area (Å²) in [7, 11) is 1.61. The van der Waals surface area contributed by atoms with Crippen LogP contribution in [0.4, 0.5) is 10.5 Å². The second-order valence-corrected chi connectivity index (χ2v) is 9.05. The Bertz CT molecular complexity index is 1250. The van der Waals surface area contributed by atoms with Crippen LogP contribution < -0.4 is 19.7 Å². The molecule has 0 saturated carbocycles. The van der Waals surface area contributed by atoms with Crippen molar-refractivity contribution < 1.29 is 23.8 Å². The van der Waals surface area contributed by atoms with Crippen molar-refractivity contribution in [1.29, 1.82) is 0 Å². The van der Waals surface area contributed by atoms with Gasteiger partial charge in [0.2, 0.25) is 0 Å². The number of urea groups is 1. The van der Waals surface area contributed by atoms with Gasteiger partial charge in [0.25, 0.3) is 5.91 Å². The first-order valence-corrected chi connectivity index (χ1v) is 12.4. The second kappa shape index (κ2) is 11.3. The van der Waals surface area contributed by atoms with Gasteiger partial charge in [-0.15, -0.1) is 0 Å². The van der Waals surface area contributed by atoms with Gasteiger partial charge in [-0.25, -0.2) is 4.79 Å². The summed E-state index contributed by atoms with van der Waals surface area (Å²) in [6.45, 7) is 3.14. The van der Waals surface area contributed by atoms with E-state index in [-0.39, 0.29) is 18.0 Å². The van der Waals surface area contributed by atoms with E-state index in [2.05, 4.69) is 10.3 Å². The third-order valence-corrected chi connectivity index (χ3v) is 6.43. The normalized spacial score (nSPS) is 16.9. The minimum absolute atomic E-state index is 0.00775. The largest absolute Gasteiger partial charge is 0.493 e. The third-order valence-electron chi connectivity index (χ3n) is 6.43. The Labute approximate surface area is 216 Å². The maximum absolute atomic E-state index is 13.8. The fraction of sp³-hybridized carbons (Fsp3) is 0.321. The maximum Gasteiger partial charge on any atom is 0.321 e. The number of benzene rings is 2. The van der Waals surface area contributed by atoms with Gasteiger partial charge < -0.3 is 24.4 Å². The van der Waals surface area contributed by atoms with Crippen LogP contribution in [0.3, 0.4) is 0 Å². The number of carbonyl (C=O) groups is 2. The molecule has 1 aromatic heterocycles. The van der Waals surface area contributed by atoms with Gasteiger partial charge in [-0.2, -0.15) is 0 Å². The molecule has 3 heterocycles. The number of rotatable bonds is 9. The molecule has 2 saturated heterocycles. The van der Waals surface area contributed by atoms with E-state index in [1.54, 1.807) is 47.5 Å². The topological polar surface area (TPSA) is 93.2 Å². The van der Waals surface area contributed by atoms with Crippen molar-refractivity contribution in [2.75, 3.05) is 38.3 Å². The predicted octanol–water partition coefficient (Wildman–Crippen LogP) is 3.63. The van der Waals surface area contributed by atoms with Crippen LogP contribution in [-0.2, 0) is 17.8 Å². The molecule has 2 aliphatic heterocycles. The number of methoxy groups -OCH3 is 1. The van der Waals surface area contributed by atoms with Crippen LogP contribution in [0.2, 0.25) is 0 Å². The van der Waals surface area contributed by atoms with E-state index in [1.165, 1.54) is 0 Å². The molecule has 1 atom stereocenters. The zero-order valence-corrected chi connectivity index (χ0v) is 20.8. The van der Waals surface area contributed by atoms with E-state index in [9.17, 15) is 9.59 Å². The molecule has 3 aromatic rings. The molecule has 0 bridgehead atoms. The fourth-order valence-electron chi connectivity index (χ4n) is 4.53. The summed E-state index contributed by atoms with van der Waals surface area (Å²) in [6, 6.07) is 16.6. The van der Waals surface area contributed by atoms with E-state index >= 15 is 0 Å². The highest BCUT2D eigenvalue weighted by molar-refractivity contribution is 5.98. The van der Waals surface area contributed by atoms with Gasteiger partial charge >= 0.3 is 6.03 Å². The average Bonchev–Trinajstić information content (AvgIpc) is 3.61. The Kier molecular flexibility index (Phi) is 7.51. The number of aromatic nitrogens is 1. The molecule has 1 N–H and O–H groups in total. The molecule has 192 valence electrons. The minimum atomic E-state index is -0.157. The molecule has 0 unspecified atom stereocenters. The molecule has 9 nitrogen and oxygen atoms in total. The maximum atomic E-state index is 13.8. The number of hydrogen-bond acceptors (Lipinski definition) is 6. The SMILES string of the molecule is COc1cc(CN(Cc2cccnc2)C(=O)c2cccc(N3CCNC3=O)c2)ccc1O[C@@H]1CCOC1. The van der Waals surface area contributed by atoms with Gasteiger partial charge in [-0.3, -0.25) is 14.7 Å². The van der Waals surface area contributed by atoms with Gasteiger partial charge in [0.15, 0.2) is 11.5 Å². The van der Waals surface area contributed by atoms with Crippen LogP contribution in [0.15, 0.2) is 67.0 Å². The number of ether oxygens (including phenoxy) is 3. The van der Waals surface area contributed by atoms with Crippen LogP contribution in [-0.4, -0.2) is 61.3 Å². The summed E-state index contributed by atoms with van der Waals surface area (Å²) in [6.07, 6.45) is 4.32. The number of amides is 3. The summed E-state index contributed by atoms with van der Waals surface area (Å²) in [5, 5.41) is 2.80. The van der Waals surface area contributed by atoms with Gasteiger partial charge in [-0.1, -0.05) is 18.2 Å². The Balaban J connectivity index is 1.39. The van der Waals surface area contributed by atoms with Crippen molar-refractivity contribution in [2.24, 2.45) is 0 Å². The van der Waals surface area contributed by atoms with Crippen molar-refractivity contribution in [3.8, 4) is 11.5 Å². The van der Waals surface area contributed by atoms with Crippen molar-refractivity contribution in [1.82, 2.24) is 15.2 Å². The number of nitrogens with zero attached hydrogens (tertiary/aromatic N) is 3. The fourth-order valence-corrected chi connectivity index (χ4v) is 4.53. The lowest BCUT2D eigenvalue weighted by molar-refractivity contribution is 0.0729. The van der Waals surface area contributed by atoms with E-state index in [0.29, 0.717) is 62.1 Å². The summed E-state index contributed by atoms with van der Waals surface area (Å²) >= 11 is 0. The Morgan fingerprint density at radius 3 is 2.76 bits per heavy atom. The molecule has 2 fully saturated rings. The first kappa shape index (κ1) is 24.6. The Hall–Kier alpha value is -4.11. The molecule has 0 aliphatic carbocycles. The molecular formula is C28H30N4O5. The number of nitrogens with one attached hydrogen (secondary N) is 1. The molecule has 2 aromatic carbocycles. The first-order valence-electron chi connectivity index (χ1n) is 12.4. The highest BCUT2D eigenvalue weighted by Gasteiger charge is 2.24. The number of hydrogen-bond donors (Lipinski definition) is 1. The third kappa shape index (κ3) is 5.83. The van der Waals surface area contributed by atoms with E-state index in [1.807, 2.05) is 36.4 Å². The van der Waals surface area contributed by atoms with Gasteiger partial charge in [0.1, 0.15) is 6.10 Å². The zero-order chi connectivity index (χ0) is 25.6. The Morgan fingerprint density at radius 2 is 2.03 bits per heavy atom. The zero-order valence-electron chi connectivity index (χ0n) is 20.8. The summed E-state index contributed by atoms with van der Waals surface area (Å²) in [5.41, 5.74) is 3.02. The number of anilines is 1. The van der Waals surface area contributed by atoms with E-state index < -0.39 is 0 Å². The smallest absolute Gasteiger partial charge is 0.321 e. The van der Waals surface area contributed by atoms with Crippen LogP contribution >= 0.6 is 0 Å². The first-order chi connectivity index (χ1) is 18.1. The molecule has 2 aliphatic rings. The minimum Gasteiger partial charge on any atom is -0.493 e. The van der Waals surface area contributed by atoms with Crippen LogP contribution in [0.25, 0.3) is 0 Å². The van der Waals surface area contributed by atoms with Crippen LogP contribution in [0, 0.1) is 0 Å². The highest BCUT2D eigenvalue weighted by atomic mass is 16.6. The average molecular weight is 503 g/mol. The van der Waals surface area contributed by atoms with E-state index in [4.69, 9.17) is 14.2 Å². The second-order valence-electron chi connectivity index (χ2n) is 9.05. The molecule has 5 rings (SSSR count). The van der Waals surface area contributed by atoms with Crippen LogP contribution in [0.1, 0.15) is 27.9 Å². The van der Waals surface area contributed by atoms with Crippen molar-refractivity contribution >= 4 is 17.6 Å². The standard InChI is InChI=1S/C28H30N4O5/c1-35-26-14-20(7-8-25(26)37-24-9-13-36-19-24)17-31(18-21-4-3-10-29-16-21)27(33)22-5-2-6-23(15-22)32-12-11-30-28(32)34/h2-8,10,14-16,24H,9,11-13,17-19H2,1H3,(H,30,34)/t24-/m1/s1. The van der Waals surface area contributed by atoms with Crippen molar-refractivity contribution in [2.45, 2.75) is 25.6 Å². The monoisotopic (exact) mass is 502 g/mol. The molecular weight excluding hydrogens is 472 g/mol. The lowest BCUT2D eigenvalue weighted by Gasteiger charge is -2.24. The predicted molar refractivity (Wildman–Crippen MR) is 138 cm³/mol. The van der Waals surface area contributed by atoms with Gasteiger partial charge in [0.05, 0.1) is 20.3 Å². The van der Waals surface area contributed by atoms with Gasteiger partial charge in [-0.05, 0) is 47.5 Å².